The molecule has 1 saturated heterocycles. The van der Waals surface area contributed by atoms with Crippen molar-refractivity contribution >= 4 is 23.4 Å². The van der Waals surface area contributed by atoms with Gasteiger partial charge in [-0.1, -0.05) is 6.92 Å². The van der Waals surface area contributed by atoms with Crippen molar-refractivity contribution in [2.45, 2.75) is 26.3 Å². The van der Waals surface area contributed by atoms with Crippen LogP contribution in [0.15, 0.2) is 12.1 Å². The summed E-state index contributed by atoms with van der Waals surface area (Å²) in [5.74, 6) is 0.590. The van der Waals surface area contributed by atoms with Crippen LogP contribution in [0.5, 0.6) is 0 Å². The normalized spacial score (nSPS) is 25.0. The van der Waals surface area contributed by atoms with Gasteiger partial charge >= 0.3 is 0 Å². The van der Waals surface area contributed by atoms with Gasteiger partial charge in [0.05, 0.1) is 5.52 Å². The molecule has 2 unspecified atom stereocenters. The predicted molar refractivity (Wildman–Crippen MR) is 80.0 cm³/mol. The molecule has 1 aliphatic heterocycles. The number of nitrogens with zero attached hydrogens (tertiary/aromatic N) is 3. The van der Waals surface area contributed by atoms with E-state index in [1.165, 1.54) is 0 Å². The highest BCUT2D eigenvalue weighted by Gasteiger charge is 2.27. The van der Waals surface area contributed by atoms with Gasteiger partial charge in [0, 0.05) is 18.3 Å². The van der Waals surface area contributed by atoms with Crippen molar-refractivity contribution in [2.75, 3.05) is 20.1 Å². The van der Waals surface area contributed by atoms with E-state index in [0.717, 1.165) is 41.1 Å². The van der Waals surface area contributed by atoms with Gasteiger partial charge in [0.1, 0.15) is 0 Å². The summed E-state index contributed by atoms with van der Waals surface area (Å²) in [6.45, 7) is 6.56. The van der Waals surface area contributed by atoms with Crippen LogP contribution in [0.1, 0.15) is 25.1 Å². The van der Waals surface area contributed by atoms with Gasteiger partial charge in [-0.2, -0.15) is 0 Å². The van der Waals surface area contributed by atoms with E-state index in [1.54, 1.807) is 0 Å². The summed E-state index contributed by atoms with van der Waals surface area (Å²) in [5, 5.41) is 0. The number of pyridine rings is 1. The summed E-state index contributed by atoms with van der Waals surface area (Å²) in [5.41, 5.74) is 3.09. The summed E-state index contributed by atoms with van der Waals surface area (Å²) in [7, 11) is 2.18. The highest BCUT2D eigenvalue weighted by atomic mass is 32.1. The SMILES string of the molecule is Cc1ccc2[nH]c(=S)n(C3CCN(C)CC3C)c2n1. The van der Waals surface area contributed by atoms with Crippen LogP contribution in [0.2, 0.25) is 0 Å². The molecule has 0 amide bonds. The van der Waals surface area contributed by atoms with E-state index >= 15 is 0 Å². The summed E-state index contributed by atoms with van der Waals surface area (Å²) < 4.78 is 3.03. The Morgan fingerprint density at radius 1 is 1.42 bits per heavy atom. The molecule has 2 aromatic rings. The lowest BCUT2D eigenvalue weighted by Gasteiger charge is -2.35. The summed E-state index contributed by atoms with van der Waals surface area (Å²) in [6, 6.07) is 4.55. The fraction of sp³-hybridized carbons (Fsp3) is 0.571. The van der Waals surface area contributed by atoms with Crippen molar-refractivity contribution in [1.29, 1.82) is 0 Å². The van der Waals surface area contributed by atoms with Crippen LogP contribution < -0.4 is 0 Å². The fourth-order valence-electron chi connectivity index (χ4n) is 3.13. The van der Waals surface area contributed by atoms with Crippen molar-refractivity contribution in [3.63, 3.8) is 0 Å². The predicted octanol–water partition coefficient (Wildman–Crippen LogP) is 2.92. The van der Waals surface area contributed by atoms with Crippen molar-refractivity contribution in [3.05, 3.63) is 22.6 Å². The zero-order chi connectivity index (χ0) is 13.6. The number of piperidine rings is 1. The molecule has 19 heavy (non-hydrogen) atoms. The minimum absolute atomic E-state index is 0.451. The number of nitrogens with one attached hydrogen (secondary N) is 1. The van der Waals surface area contributed by atoms with Gasteiger partial charge in [0.15, 0.2) is 10.4 Å². The Hall–Kier alpha value is -1.20. The number of fused-ring (bicyclic) bond motifs is 1. The maximum absolute atomic E-state index is 5.51. The molecule has 5 heteroatoms. The molecular formula is C14H20N4S. The Labute approximate surface area is 118 Å². The van der Waals surface area contributed by atoms with E-state index in [-0.39, 0.29) is 0 Å². The summed E-state index contributed by atoms with van der Waals surface area (Å²) >= 11 is 5.51. The molecule has 1 N–H and O–H groups in total. The largest absolute Gasteiger partial charge is 0.329 e. The molecule has 2 aromatic heterocycles. The molecule has 0 aromatic carbocycles. The maximum Gasteiger partial charge on any atom is 0.179 e. The molecule has 3 heterocycles. The van der Waals surface area contributed by atoms with Crippen LogP contribution in [0.4, 0.5) is 0 Å². The standard InChI is InChI=1S/C14H20N4S/c1-9-8-17(3)7-6-12(9)18-13-11(16-14(18)19)5-4-10(2)15-13/h4-5,9,12H,6-8H2,1-3H3,(H,16,19). The van der Waals surface area contributed by atoms with Gasteiger partial charge < -0.3 is 9.88 Å². The second kappa shape index (κ2) is 4.72. The van der Waals surface area contributed by atoms with Gasteiger partial charge in [-0.25, -0.2) is 4.98 Å². The molecule has 0 aliphatic carbocycles. The van der Waals surface area contributed by atoms with E-state index in [2.05, 4.69) is 39.5 Å². The van der Waals surface area contributed by atoms with Crippen LogP contribution in [-0.4, -0.2) is 39.6 Å². The molecule has 1 aliphatic rings. The number of aromatic amines is 1. The van der Waals surface area contributed by atoms with Gasteiger partial charge in [-0.3, -0.25) is 4.57 Å². The Balaban J connectivity index is 2.11. The van der Waals surface area contributed by atoms with Crippen LogP contribution >= 0.6 is 12.2 Å². The summed E-state index contributed by atoms with van der Waals surface area (Å²) in [6.07, 6.45) is 1.13. The fourth-order valence-corrected chi connectivity index (χ4v) is 3.46. The lowest BCUT2D eigenvalue weighted by Crippen LogP contribution is -2.37. The first-order valence-electron chi connectivity index (χ1n) is 6.82. The lowest BCUT2D eigenvalue weighted by atomic mass is 9.94. The van der Waals surface area contributed by atoms with Gasteiger partial charge in [0.25, 0.3) is 0 Å². The number of likely N-dealkylation sites (tertiary alicyclic amines) is 1. The van der Waals surface area contributed by atoms with Crippen LogP contribution in [0.25, 0.3) is 11.2 Å². The third-order valence-electron chi connectivity index (χ3n) is 4.10. The van der Waals surface area contributed by atoms with E-state index in [9.17, 15) is 0 Å². The Kier molecular flexibility index (Phi) is 3.19. The second-order valence-corrected chi connectivity index (χ2v) is 6.11. The van der Waals surface area contributed by atoms with E-state index < -0.39 is 0 Å². The average Bonchev–Trinajstić information content (AvgIpc) is 2.65. The number of hydrogen-bond donors (Lipinski definition) is 1. The minimum Gasteiger partial charge on any atom is -0.329 e. The first-order valence-corrected chi connectivity index (χ1v) is 7.23. The van der Waals surface area contributed by atoms with Gasteiger partial charge in [0.2, 0.25) is 0 Å². The Bertz CT molecular complexity index is 657. The molecule has 4 nitrogen and oxygen atoms in total. The first-order chi connectivity index (χ1) is 9.06. The molecular weight excluding hydrogens is 256 g/mol. The minimum atomic E-state index is 0.451. The maximum atomic E-state index is 5.51. The number of hydrogen-bond acceptors (Lipinski definition) is 3. The highest BCUT2D eigenvalue weighted by Crippen LogP contribution is 2.30. The number of H-pyrrole nitrogens is 1. The number of imidazole rings is 1. The molecule has 102 valence electrons. The molecule has 2 atom stereocenters. The smallest absolute Gasteiger partial charge is 0.179 e. The van der Waals surface area contributed by atoms with Crippen LogP contribution in [0, 0.1) is 17.6 Å². The number of aryl methyl sites for hydroxylation is 1. The topological polar surface area (TPSA) is 36.9 Å². The first kappa shape index (κ1) is 12.8. The summed E-state index contributed by atoms with van der Waals surface area (Å²) in [4.78, 5) is 10.3. The molecule has 0 spiro atoms. The van der Waals surface area contributed by atoms with Crippen LogP contribution in [-0.2, 0) is 0 Å². The Morgan fingerprint density at radius 3 is 2.95 bits per heavy atom. The second-order valence-electron chi connectivity index (χ2n) is 5.72. The number of rotatable bonds is 1. The average molecular weight is 276 g/mol. The van der Waals surface area contributed by atoms with E-state index in [4.69, 9.17) is 12.2 Å². The van der Waals surface area contributed by atoms with Crippen molar-refractivity contribution in [1.82, 2.24) is 19.4 Å². The van der Waals surface area contributed by atoms with E-state index in [1.807, 2.05) is 13.0 Å². The van der Waals surface area contributed by atoms with Gasteiger partial charge in [-0.15, -0.1) is 0 Å². The molecule has 3 rings (SSSR count). The highest BCUT2D eigenvalue weighted by molar-refractivity contribution is 7.71. The molecule has 0 bridgehead atoms. The van der Waals surface area contributed by atoms with Crippen molar-refractivity contribution in [2.24, 2.45) is 5.92 Å². The van der Waals surface area contributed by atoms with E-state index in [0.29, 0.717) is 12.0 Å². The lowest BCUT2D eigenvalue weighted by molar-refractivity contribution is 0.160. The monoisotopic (exact) mass is 276 g/mol. The third kappa shape index (κ3) is 2.21. The van der Waals surface area contributed by atoms with Crippen LogP contribution in [0.3, 0.4) is 0 Å². The van der Waals surface area contributed by atoms with Gasteiger partial charge in [-0.05, 0) is 57.2 Å². The zero-order valence-corrected chi connectivity index (χ0v) is 12.5. The zero-order valence-electron chi connectivity index (χ0n) is 11.7. The Morgan fingerprint density at radius 2 is 2.21 bits per heavy atom. The van der Waals surface area contributed by atoms with Crippen molar-refractivity contribution < 1.29 is 0 Å². The van der Waals surface area contributed by atoms with Crippen molar-refractivity contribution in [3.8, 4) is 0 Å². The quantitative estimate of drug-likeness (QED) is 0.814. The molecule has 0 saturated carbocycles. The molecule has 0 radical (unpaired) electrons. The number of aromatic nitrogens is 3. The third-order valence-corrected chi connectivity index (χ3v) is 4.40. The molecule has 1 fully saturated rings.